The summed E-state index contributed by atoms with van der Waals surface area (Å²) in [5, 5.41) is 2.84. The number of nitrogens with zero attached hydrogens (tertiary/aromatic N) is 2. The van der Waals surface area contributed by atoms with Crippen molar-refractivity contribution in [3.63, 3.8) is 0 Å². The summed E-state index contributed by atoms with van der Waals surface area (Å²) < 4.78 is 38.6. The van der Waals surface area contributed by atoms with Gasteiger partial charge in [-0.3, -0.25) is 0 Å². The number of nitrogens with two attached hydrogens (primary N) is 1. The van der Waals surface area contributed by atoms with Gasteiger partial charge in [0.15, 0.2) is 5.82 Å². The second-order valence-corrected chi connectivity index (χ2v) is 6.81. The molecule has 0 fully saturated rings. The SMILES string of the molecule is Nc1ncc(S(=O)(=O)c2ccccc2)c(Nc2ccc(F)cc2)n1. The van der Waals surface area contributed by atoms with Crippen molar-refractivity contribution in [1.29, 1.82) is 0 Å². The zero-order chi connectivity index (χ0) is 17.2. The van der Waals surface area contributed by atoms with Gasteiger partial charge in [-0.25, -0.2) is 17.8 Å². The first-order valence-electron chi connectivity index (χ1n) is 6.92. The van der Waals surface area contributed by atoms with E-state index in [2.05, 4.69) is 15.3 Å². The first kappa shape index (κ1) is 15.9. The van der Waals surface area contributed by atoms with Crippen LogP contribution in [0.4, 0.5) is 21.8 Å². The number of rotatable bonds is 4. The maximum absolute atomic E-state index is 13.0. The molecule has 6 nitrogen and oxygen atoms in total. The highest BCUT2D eigenvalue weighted by Crippen LogP contribution is 2.28. The molecule has 8 heteroatoms. The number of sulfone groups is 1. The molecule has 0 amide bonds. The molecule has 3 rings (SSSR count). The lowest BCUT2D eigenvalue weighted by atomic mass is 10.3. The van der Waals surface area contributed by atoms with Gasteiger partial charge in [-0.15, -0.1) is 0 Å². The Bertz CT molecular complexity index is 961. The molecule has 0 aliphatic heterocycles. The van der Waals surface area contributed by atoms with E-state index in [1.165, 1.54) is 36.4 Å². The molecule has 3 N–H and O–H groups in total. The van der Waals surface area contributed by atoms with E-state index in [-0.39, 0.29) is 21.6 Å². The van der Waals surface area contributed by atoms with E-state index in [1.54, 1.807) is 18.2 Å². The molecule has 1 heterocycles. The molecular weight excluding hydrogens is 331 g/mol. The van der Waals surface area contributed by atoms with Crippen molar-refractivity contribution in [3.8, 4) is 0 Å². The van der Waals surface area contributed by atoms with Crippen LogP contribution in [-0.4, -0.2) is 18.4 Å². The predicted molar refractivity (Wildman–Crippen MR) is 88.0 cm³/mol. The highest BCUT2D eigenvalue weighted by atomic mass is 32.2. The lowest BCUT2D eigenvalue weighted by molar-refractivity contribution is 0.595. The van der Waals surface area contributed by atoms with Crippen molar-refractivity contribution in [2.24, 2.45) is 0 Å². The van der Waals surface area contributed by atoms with E-state index < -0.39 is 15.7 Å². The van der Waals surface area contributed by atoms with Crippen LogP contribution < -0.4 is 11.1 Å². The zero-order valence-electron chi connectivity index (χ0n) is 12.3. The van der Waals surface area contributed by atoms with E-state index in [0.717, 1.165) is 6.20 Å². The molecule has 3 aromatic rings. The fourth-order valence-corrected chi connectivity index (χ4v) is 3.38. The van der Waals surface area contributed by atoms with Gasteiger partial charge in [0.05, 0.1) is 11.1 Å². The third-order valence-corrected chi connectivity index (χ3v) is 4.99. The Hall–Kier alpha value is -3.00. The van der Waals surface area contributed by atoms with Crippen LogP contribution in [0, 0.1) is 5.82 Å². The standard InChI is InChI=1S/C16H13FN4O2S/c17-11-6-8-12(9-7-11)20-15-14(10-19-16(18)21-15)24(22,23)13-4-2-1-3-5-13/h1-10H,(H3,18,19,20,21). The number of anilines is 3. The molecule has 0 radical (unpaired) electrons. The maximum atomic E-state index is 13.0. The van der Waals surface area contributed by atoms with Gasteiger partial charge < -0.3 is 11.1 Å². The van der Waals surface area contributed by atoms with E-state index in [0.29, 0.717) is 5.69 Å². The summed E-state index contributed by atoms with van der Waals surface area (Å²) in [5.74, 6) is -0.454. The normalized spacial score (nSPS) is 11.2. The molecule has 0 saturated carbocycles. The average Bonchev–Trinajstić information content (AvgIpc) is 2.58. The summed E-state index contributed by atoms with van der Waals surface area (Å²) >= 11 is 0. The van der Waals surface area contributed by atoms with Gasteiger partial charge in [0, 0.05) is 5.69 Å². The summed E-state index contributed by atoms with van der Waals surface area (Å²) in [5.41, 5.74) is 6.04. The number of halogens is 1. The van der Waals surface area contributed by atoms with Gasteiger partial charge in [-0.2, -0.15) is 4.98 Å². The minimum Gasteiger partial charge on any atom is -0.368 e. The van der Waals surface area contributed by atoms with E-state index in [9.17, 15) is 12.8 Å². The Morgan fingerprint density at radius 3 is 2.33 bits per heavy atom. The fraction of sp³-hybridized carbons (Fsp3) is 0. The second-order valence-electron chi connectivity index (χ2n) is 4.89. The monoisotopic (exact) mass is 344 g/mol. The number of aromatic nitrogens is 2. The quantitative estimate of drug-likeness (QED) is 0.755. The molecule has 0 unspecified atom stereocenters. The van der Waals surface area contributed by atoms with Crippen LogP contribution in [0.25, 0.3) is 0 Å². The Kier molecular flexibility index (Phi) is 4.13. The number of hydrogen-bond donors (Lipinski definition) is 2. The Morgan fingerprint density at radius 1 is 1.00 bits per heavy atom. The largest absolute Gasteiger partial charge is 0.368 e. The maximum Gasteiger partial charge on any atom is 0.222 e. The van der Waals surface area contributed by atoms with Gasteiger partial charge in [0.25, 0.3) is 0 Å². The van der Waals surface area contributed by atoms with Crippen LogP contribution in [0.5, 0.6) is 0 Å². The minimum atomic E-state index is -3.83. The fourth-order valence-electron chi connectivity index (χ4n) is 2.07. The van der Waals surface area contributed by atoms with Crippen LogP contribution >= 0.6 is 0 Å². The summed E-state index contributed by atoms with van der Waals surface area (Å²) in [7, 11) is -3.83. The molecule has 0 aliphatic carbocycles. The van der Waals surface area contributed by atoms with Gasteiger partial charge in [0.2, 0.25) is 15.8 Å². The summed E-state index contributed by atoms with van der Waals surface area (Å²) in [6.07, 6.45) is 1.15. The molecule has 0 spiro atoms. The summed E-state index contributed by atoms with van der Waals surface area (Å²) in [6.45, 7) is 0. The van der Waals surface area contributed by atoms with E-state index >= 15 is 0 Å². The smallest absolute Gasteiger partial charge is 0.222 e. The van der Waals surface area contributed by atoms with E-state index in [4.69, 9.17) is 5.73 Å². The highest BCUT2D eigenvalue weighted by molar-refractivity contribution is 7.91. The highest BCUT2D eigenvalue weighted by Gasteiger charge is 2.23. The van der Waals surface area contributed by atoms with Gasteiger partial charge in [-0.05, 0) is 36.4 Å². The van der Waals surface area contributed by atoms with Crippen molar-refractivity contribution >= 4 is 27.3 Å². The number of hydrogen-bond acceptors (Lipinski definition) is 6. The van der Waals surface area contributed by atoms with Crippen molar-refractivity contribution in [3.05, 3.63) is 66.6 Å². The molecule has 2 aromatic carbocycles. The topological polar surface area (TPSA) is 98.0 Å². The summed E-state index contributed by atoms with van der Waals surface area (Å²) in [6, 6.07) is 13.3. The summed E-state index contributed by atoms with van der Waals surface area (Å²) in [4.78, 5) is 7.73. The lowest BCUT2D eigenvalue weighted by Crippen LogP contribution is -2.10. The van der Waals surface area contributed by atoms with Crippen molar-refractivity contribution in [2.45, 2.75) is 9.79 Å². The van der Waals surface area contributed by atoms with Crippen LogP contribution in [0.1, 0.15) is 0 Å². The minimum absolute atomic E-state index is 0.0259. The van der Waals surface area contributed by atoms with Crippen LogP contribution in [0.3, 0.4) is 0 Å². The Labute approximate surface area is 138 Å². The third kappa shape index (κ3) is 3.18. The molecular formula is C16H13FN4O2S. The van der Waals surface area contributed by atoms with Gasteiger partial charge in [-0.1, -0.05) is 18.2 Å². The molecule has 1 aromatic heterocycles. The molecule has 0 saturated heterocycles. The van der Waals surface area contributed by atoms with Gasteiger partial charge >= 0.3 is 0 Å². The molecule has 122 valence electrons. The average molecular weight is 344 g/mol. The van der Waals surface area contributed by atoms with Gasteiger partial charge in [0.1, 0.15) is 10.7 Å². The van der Waals surface area contributed by atoms with Crippen molar-refractivity contribution in [2.75, 3.05) is 11.1 Å². The van der Waals surface area contributed by atoms with Crippen LogP contribution in [0.2, 0.25) is 0 Å². The zero-order valence-corrected chi connectivity index (χ0v) is 13.2. The van der Waals surface area contributed by atoms with Crippen LogP contribution in [0.15, 0.2) is 70.6 Å². The molecule has 24 heavy (non-hydrogen) atoms. The number of nitrogen functional groups attached to an aromatic ring is 1. The first-order chi connectivity index (χ1) is 11.5. The molecule has 0 atom stereocenters. The lowest BCUT2D eigenvalue weighted by Gasteiger charge is -2.12. The van der Waals surface area contributed by atoms with Crippen LogP contribution in [-0.2, 0) is 9.84 Å². The third-order valence-electron chi connectivity index (χ3n) is 3.22. The number of benzene rings is 2. The molecule has 0 bridgehead atoms. The second kappa shape index (κ2) is 6.25. The van der Waals surface area contributed by atoms with E-state index in [1.807, 2.05) is 0 Å². The predicted octanol–water partition coefficient (Wildman–Crippen LogP) is 2.77. The Balaban J connectivity index is 2.07. The first-order valence-corrected chi connectivity index (χ1v) is 8.40. The van der Waals surface area contributed by atoms with Crippen molar-refractivity contribution in [1.82, 2.24) is 9.97 Å². The molecule has 0 aliphatic rings. The Morgan fingerprint density at radius 2 is 1.67 bits per heavy atom. The van der Waals surface area contributed by atoms with Crippen molar-refractivity contribution < 1.29 is 12.8 Å². The number of nitrogens with one attached hydrogen (secondary N) is 1.